The normalized spacial score (nSPS) is 9.67. The van der Waals surface area contributed by atoms with E-state index in [0.29, 0.717) is 0 Å². The Labute approximate surface area is 149 Å². The van der Waals surface area contributed by atoms with Crippen molar-refractivity contribution in [3.63, 3.8) is 0 Å². The third kappa shape index (κ3) is 5.88. The predicted molar refractivity (Wildman–Crippen MR) is 100 cm³/mol. The van der Waals surface area contributed by atoms with Gasteiger partial charge in [-0.25, -0.2) is 4.42 Å². The molecule has 0 aliphatic carbocycles. The fourth-order valence-electron chi connectivity index (χ4n) is 2.12. The van der Waals surface area contributed by atoms with E-state index < -0.39 is 5.97 Å². The second kappa shape index (κ2) is 10.7. The van der Waals surface area contributed by atoms with Crippen LogP contribution in [0.1, 0.15) is 12.0 Å². The van der Waals surface area contributed by atoms with Gasteiger partial charge in [0.2, 0.25) is 0 Å². The molecule has 0 spiro atoms. The van der Waals surface area contributed by atoms with Crippen LogP contribution < -0.4 is 5.73 Å². The van der Waals surface area contributed by atoms with Gasteiger partial charge in [0.05, 0.1) is 40.6 Å². The highest BCUT2D eigenvalue weighted by atomic mass is 79.9. The third-order valence-electron chi connectivity index (χ3n) is 3.16. The third-order valence-corrected chi connectivity index (χ3v) is 3.16. The van der Waals surface area contributed by atoms with E-state index in [9.17, 15) is 4.79 Å². The van der Waals surface area contributed by atoms with Gasteiger partial charge in [-0.3, -0.25) is 4.79 Å². The number of rotatable bonds is 2. The molecule has 0 unspecified atom stereocenters. The maximum atomic E-state index is 9.52. The maximum Gasteiger partial charge on any atom is 0.361 e. The number of halogens is 1. The SMILES string of the molecule is COBr.Cc1c2ccccc2[o+]c2ccccc12.NCCC(=O)O. The van der Waals surface area contributed by atoms with Crippen LogP contribution in [-0.4, -0.2) is 24.7 Å². The quantitative estimate of drug-likeness (QED) is 0.492. The van der Waals surface area contributed by atoms with Gasteiger partial charge in [-0.2, -0.15) is 0 Å². The molecular formula is C18H21BrNO4+. The summed E-state index contributed by atoms with van der Waals surface area (Å²) in [7, 11) is 1.54. The summed E-state index contributed by atoms with van der Waals surface area (Å²) in [6, 6.07) is 16.3. The lowest BCUT2D eigenvalue weighted by atomic mass is 10.1. The first-order chi connectivity index (χ1) is 11.5. The van der Waals surface area contributed by atoms with E-state index in [1.165, 1.54) is 16.3 Å². The molecule has 3 N–H and O–H groups in total. The molecule has 0 aliphatic heterocycles. The molecule has 1 heterocycles. The summed E-state index contributed by atoms with van der Waals surface area (Å²) >= 11 is 2.65. The summed E-state index contributed by atoms with van der Waals surface area (Å²) in [5.74, 6) is -0.836. The zero-order chi connectivity index (χ0) is 17.9. The molecular weight excluding hydrogens is 374 g/mol. The minimum atomic E-state index is -0.836. The summed E-state index contributed by atoms with van der Waals surface area (Å²) in [5.41, 5.74) is 8.04. The van der Waals surface area contributed by atoms with E-state index in [1.807, 2.05) is 36.4 Å². The van der Waals surface area contributed by atoms with Crippen LogP contribution >= 0.6 is 16.3 Å². The Bertz CT molecular complexity index is 738. The molecule has 0 radical (unpaired) electrons. The number of carbonyl (C=O) groups is 1. The molecule has 5 nitrogen and oxygen atoms in total. The van der Waals surface area contributed by atoms with Crippen LogP contribution in [0.3, 0.4) is 0 Å². The minimum absolute atomic E-state index is 0.0694. The Morgan fingerprint density at radius 3 is 1.88 bits per heavy atom. The van der Waals surface area contributed by atoms with Crippen LogP contribution in [0.2, 0.25) is 0 Å². The number of carboxylic acid groups (broad SMARTS) is 1. The summed E-state index contributed by atoms with van der Waals surface area (Å²) in [6.45, 7) is 2.37. The molecule has 0 saturated heterocycles. The van der Waals surface area contributed by atoms with E-state index in [4.69, 9.17) is 15.3 Å². The maximum absolute atomic E-state index is 9.52. The first kappa shape index (κ1) is 20.0. The Balaban J connectivity index is 0.000000271. The summed E-state index contributed by atoms with van der Waals surface area (Å²) in [4.78, 5) is 9.52. The van der Waals surface area contributed by atoms with Crippen molar-refractivity contribution in [3.8, 4) is 0 Å². The Kier molecular flexibility index (Phi) is 8.93. The number of hydrogen-bond acceptors (Lipinski definition) is 3. The zero-order valence-corrected chi connectivity index (χ0v) is 15.2. The molecule has 6 heteroatoms. The molecule has 3 aromatic rings. The first-order valence-electron chi connectivity index (χ1n) is 7.32. The molecule has 128 valence electrons. The van der Waals surface area contributed by atoms with Crippen molar-refractivity contribution >= 4 is 44.2 Å². The highest BCUT2D eigenvalue weighted by Crippen LogP contribution is 2.27. The smallest absolute Gasteiger partial charge is 0.361 e. The van der Waals surface area contributed by atoms with Crippen LogP contribution in [0.15, 0.2) is 52.9 Å². The molecule has 2 aromatic carbocycles. The number of aryl methyl sites for hydroxylation is 1. The molecule has 0 fully saturated rings. The van der Waals surface area contributed by atoms with Crippen molar-refractivity contribution in [1.82, 2.24) is 0 Å². The Hall–Kier alpha value is -2.02. The number of nitrogens with two attached hydrogens (primary N) is 1. The average molecular weight is 395 g/mol. The molecule has 3 rings (SSSR count). The number of hydrogen-bond donors (Lipinski definition) is 2. The van der Waals surface area contributed by atoms with E-state index in [0.717, 1.165) is 11.2 Å². The largest absolute Gasteiger partial charge is 0.481 e. The minimum Gasteiger partial charge on any atom is -0.481 e. The van der Waals surface area contributed by atoms with Gasteiger partial charge in [0.1, 0.15) is 0 Å². The van der Waals surface area contributed by atoms with Gasteiger partial charge in [-0.05, 0) is 24.6 Å². The molecule has 0 amide bonds. The Morgan fingerprint density at radius 2 is 1.54 bits per heavy atom. The molecule has 1 aromatic heterocycles. The summed E-state index contributed by atoms with van der Waals surface area (Å²) < 4.78 is 9.89. The van der Waals surface area contributed by atoms with Crippen molar-refractivity contribution < 1.29 is 18.1 Å². The van der Waals surface area contributed by atoms with Gasteiger partial charge in [0, 0.05) is 18.7 Å². The van der Waals surface area contributed by atoms with Crippen LogP contribution in [0.5, 0.6) is 0 Å². The van der Waals surface area contributed by atoms with Gasteiger partial charge < -0.3 is 14.7 Å². The van der Waals surface area contributed by atoms with Crippen molar-refractivity contribution in [2.45, 2.75) is 13.3 Å². The lowest BCUT2D eigenvalue weighted by Gasteiger charge is -1.96. The van der Waals surface area contributed by atoms with Crippen LogP contribution in [0.4, 0.5) is 0 Å². The van der Waals surface area contributed by atoms with E-state index in [1.54, 1.807) is 7.11 Å². The van der Waals surface area contributed by atoms with E-state index >= 15 is 0 Å². The highest BCUT2D eigenvalue weighted by Gasteiger charge is 2.14. The zero-order valence-electron chi connectivity index (χ0n) is 13.7. The summed E-state index contributed by atoms with van der Waals surface area (Å²) in [5, 5.41) is 10.2. The van der Waals surface area contributed by atoms with Crippen LogP contribution in [0, 0.1) is 6.92 Å². The molecule has 0 bridgehead atoms. The number of carboxylic acids is 1. The topological polar surface area (TPSA) is 83.8 Å². The highest BCUT2D eigenvalue weighted by molar-refractivity contribution is 9.06. The fourth-order valence-corrected chi connectivity index (χ4v) is 2.12. The molecule has 0 saturated carbocycles. The monoisotopic (exact) mass is 394 g/mol. The standard InChI is InChI=1S/C14H11O.C3H7NO2.CH3BrO/c1-10-11-6-2-4-8-13(11)15-14-9-5-3-7-12(10)14;4-2-1-3(5)6;1-3-2/h2-9H,1H3;1-2,4H2,(H,5,6);1H3/q+1;;. The van der Waals surface area contributed by atoms with Crippen molar-refractivity contribution in [3.05, 3.63) is 54.1 Å². The lowest BCUT2D eigenvalue weighted by Crippen LogP contribution is -2.05. The number of aliphatic carboxylic acids is 1. The number of fused-ring (bicyclic) bond motifs is 2. The van der Waals surface area contributed by atoms with Gasteiger partial charge in [0.15, 0.2) is 0 Å². The molecule has 0 aliphatic rings. The molecule has 0 atom stereocenters. The van der Waals surface area contributed by atoms with Gasteiger partial charge in [-0.15, -0.1) is 0 Å². The van der Waals surface area contributed by atoms with Crippen molar-refractivity contribution in [2.24, 2.45) is 5.73 Å². The van der Waals surface area contributed by atoms with Crippen molar-refractivity contribution in [2.75, 3.05) is 13.7 Å². The van der Waals surface area contributed by atoms with Gasteiger partial charge in [-0.1, -0.05) is 24.3 Å². The molecule has 24 heavy (non-hydrogen) atoms. The van der Waals surface area contributed by atoms with Gasteiger partial charge in [0.25, 0.3) is 0 Å². The second-order valence-electron chi connectivity index (χ2n) is 4.81. The number of benzene rings is 2. The van der Waals surface area contributed by atoms with Gasteiger partial charge >= 0.3 is 17.1 Å². The average Bonchev–Trinajstić information content (AvgIpc) is 2.56. The van der Waals surface area contributed by atoms with E-state index in [-0.39, 0.29) is 13.0 Å². The van der Waals surface area contributed by atoms with Crippen LogP contribution in [0.25, 0.3) is 21.9 Å². The predicted octanol–water partition coefficient (Wildman–Crippen LogP) is 4.54. The summed E-state index contributed by atoms with van der Waals surface area (Å²) in [6.07, 6.45) is 0.0694. The first-order valence-corrected chi connectivity index (χ1v) is 7.96. The van der Waals surface area contributed by atoms with Crippen molar-refractivity contribution in [1.29, 1.82) is 0 Å². The number of para-hydroxylation sites is 2. The van der Waals surface area contributed by atoms with E-state index in [2.05, 4.69) is 39.1 Å². The fraction of sp³-hybridized carbons (Fsp3) is 0.222. The Morgan fingerprint density at radius 1 is 1.12 bits per heavy atom. The van der Waals surface area contributed by atoms with Crippen LogP contribution in [-0.2, 0) is 8.62 Å². The second-order valence-corrected chi connectivity index (χ2v) is 5.45. The lowest BCUT2D eigenvalue weighted by molar-refractivity contribution is -0.136.